The predicted molar refractivity (Wildman–Crippen MR) is 49.7 cm³/mol. The summed E-state index contributed by atoms with van der Waals surface area (Å²) in [6.07, 6.45) is 6.11. The molecule has 0 spiro atoms. The van der Waals surface area contributed by atoms with Crippen molar-refractivity contribution in [2.24, 2.45) is 11.3 Å². The van der Waals surface area contributed by atoms with E-state index in [1.807, 2.05) is 6.08 Å². The highest BCUT2D eigenvalue weighted by atomic mass is 16.3. The molecule has 1 N–H and O–H groups in total. The zero-order valence-electron chi connectivity index (χ0n) is 7.42. The molecule has 12 heavy (non-hydrogen) atoms. The Balaban J connectivity index is 2.09. The van der Waals surface area contributed by atoms with Crippen LogP contribution in [0.2, 0.25) is 0 Å². The minimum absolute atomic E-state index is 0.0526. The second-order valence-corrected chi connectivity index (χ2v) is 4.21. The maximum atomic E-state index is 9.42. The van der Waals surface area contributed by atoms with Gasteiger partial charge in [-0.25, -0.2) is 0 Å². The molecular formula is C11H16O. The van der Waals surface area contributed by atoms with Crippen molar-refractivity contribution in [3.05, 3.63) is 24.8 Å². The molecule has 0 heterocycles. The summed E-state index contributed by atoms with van der Waals surface area (Å²) in [7, 11) is 0. The number of aliphatic hydroxyl groups is 1. The van der Waals surface area contributed by atoms with Gasteiger partial charge in [-0.05, 0) is 42.6 Å². The normalized spacial score (nSPS) is 44.8. The first-order valence-corrected chi connectivity index (χ1v) is 4.69. The average Bonchev–Trinajstić information content (AvgIpc) is 2.78. The zero-order valence-corrected chi connectivity index (χ0v) is 7.42. The molecule has 3 unspecified atom stereocenters. The molecule has 0 aromatic carbocycles. The van der Waals surface area contributed by atoms with Crippen LogP contribution in [0.4, 0.5) is 0 Å². The Morgan fingerprint density at radius 2 is 2.33 bits per heavy atom. The van der Waals surface area contributed by atoms with E-state index in [0.29, 0.717) is 11.3 Å². The molecule has 2 rings (SSSR count). The minimum atomic E-state index is -0.0526. The molecule has 0 aromatic heterocycles. The van der Waals surface area contributed by atoms with Crippen LogP contribution in [0, 0.1) is 11.3 Å². The molecule has 0 saturated heterocycles. The Morgan fingerprint density at radius 3 is 2.92 bits per heavy atom. The molecule has 0 radical (unpaired) electrons. The van der Waals surface area contributed by atoms with Gasteiger partial charge in [-0.3, -0.25) is 0 Å². The smallest absolute Gasteiger partial charge is 0.0543 e. The van der Waals surface area contributed by atoms with Crippen LogP contribution in [0.25, 0.3) is 0 Å². The monoisotopic (exact) mass is 164 g/mol. The van der Waals surface area contributed by atoms with Crippen molar-refractivity contribution in [3.63, 3.8) is 0 Å². The van der Waals surface area contributed by atoms with Crippen molar-refractivity contribution in [2.45, 2.75) is 31.8 Å². The summed E-state index contributed by atoms with van der Waals surface area (Å²) in [5.74, 6) is 0.701. The fourth-order valence-electron chi connectivity index (χ4n) is 2.62. The Kier molecular flexibility index (Phi) is 1.65. The van der Waals surface area contributed by atoms with Gasteiger partial charge in [0, 0.05) is 0 Å². The van der Waals surface area contributed by atoms with Crippen molar-refractivity contribution >= 4 is 0 Å². The van der Waals surface area contributed by atoms with Gasteiger partial charge in [0.1, 0.15) is 0 Å². The highest BCUT2D eigenvalue weighted by Gasteiger charge is 2.57. The van der Waals surface area contributed by atoms with Crippen LogP contribution in [0.5, 0.6) is 0 Å². The van der Waals surface area contributed by atoms with Gasteiger partial charge in [0.2, 0.25) is 0 Å². The lowest BCUT2D eigenvalue weighted by atomic mass is 9.82. The summed E-state index contributed by atoms with van der Waals surface area (Å²) in [5, 5.41) is 9.42. The van der Waals surface area contributed by atoms with Gasteiger partial charge in [0.05, 0.1) is 6.10 Å². The number of aliphatic hydroxyl groups excluding tert-OH is 1. The van der Waals surface area contributed by atoms with Gasteiger partial charge in [-0.2, -0.15) is 0 Å². The molecule has 2 aliphatic carbocycles. The van der Waals surface area contributed by atoms with Crippen molar-refractivity contribution in [1.82, 2.24) is 0 Å². The molecule has 2 aliphatic rings. The maximum Gasteiger partial charge on any atom is 0.0543 e. The molecule has 2 fully saturated rings. The van der Waals surface area contributed by atoms with Crippen LogP contribution in [-0.2, 0) is 0 Å². The molecule has 66 valence electrons. The molecular weight excluding hydrogens is 148 g/mol. The highest BCUT2D eigenvalue weighted by molar-refractivity contribution is 5.31. The summed E-state index contributed by atoms with van der Waals surface area (Å²) in [6.45, 7) is 7.80. The quantitative estimate of drug-likeness (QED) is 0.621. The van der Waals surface area contributed by atoms with Crippen molar-refractivity contribution < 1.29 is 5.11 Å². The van der Waals surface area contributed by atoms with Gasteiger partial charge in [-0.1, -0.05) is 19.2 Å². The van der Waals surface area contributed by atoms with Gasteiger partial charge in [0.15, 0.2) is 0 Å². The summed E-state index contributed by atoms with van der Waals surface area (Å²) < 4.78 is 0. The van der Waals surface area contributed by atoms with Crippen LogP contribution < -0.4 is 0 Å². The number of hydrogen-bond donors (Lipinski definition) is 1. The molecule has 0 aliphatic heterocycles. The van der Waals surface area contributed by atoms with E-state index in [1.54, 1.807) is 0 Å². The van der Waals surface area contributed by atoms with E-state index < -0.39 is 0 Å². The fourth-order valence-corrected chi connectivity index (χ4v) is 2.62. The summed E-state index contributed by atoms with van der Waals surface area (Å²) in [5.41, 5.74) is 1.56. The van der Waals surface area contributed by atoms with E-state index in [1.165, 1.54) is 12.0 Å². The predicted octanol–water partition coefficient (Wildman–Crippen LogP) is 2.28. The number of allylic oxidation sites excluding steroid dienone is 2. The zero-order chi connectivity index (χ0) is 8.77. The Bertz CT molecular complexity index is 231. The SMILES string of the molecule is C=CC(=C)C12CCC(O)CC1C2. The first kappa shape index (κ1) is 8.06. The minimum Gasteiger partial charge on any atom is -0.393 e. The lowest BCUT2D eigenvalue weighted by molar-refractivity contribution is 0.113. The lowest BCUT2D eigenvalue weighted by Gasteiger charge is -2.25. The highest BCUT2D eigenvalue weighted by Crippen LogP contribution is 2.65. The second-order valence-electron chi connectivity index (χ2n) is 4.21. The number of rotatable bonds is 2. The third-order valence-corrected chi connectivity index (χ3v) is 3.60. The van der Waals surface area contributed by atoms with Crippen LogP contribution in [0.1, 0.15) is 25.7 Å². The average molecular weight is 164 g/mol. The van der Waals surface area contributed by atoms with Crippen LogP contribution in [0.3, 0.4) is 0 Å². The van der Waals surface area contributed by atoms with E-state index in [0.717, 1.165) is 19.3 Å². The van der Waals surface area contributed by atoms with Crippen molar-refractivity contribution in [1.29, 1.82) is 0 Å². The molecule has 0 bridgehead atoms. The lowest BCUT2D eigenvalue weighted by Crippen LogP contribution is -2.20. The number of hydrogen-bond acceptors (Lipinski definition) is 1. The summed E-state index contributed by atoms with van der Waals surface area (Å²) >= 11 is 0. The van der Waals surface area contributed by atoms with E-state index in [9.17, 15) is 5.11 Å². The Labute approximate surface area is 73.8 Å². The third-order valence-electron chi connectivity index (χ3n) is 3.60. The maximum absolute atomic E-state index is 9.42. The van der Waals surface area contributed by atoms with Gasteiger partial charge in [0.25, 0.3) is 0 Å². The molecule has 3 atom stereocenters. The van der Waals surface area contributed by atoms with Gasteiger partial charge >= 0.3 is 0 Å². The van der Waals surface area contributed by atoms with Gasteiger partial charge < -0.3 is 5.11 Å². The van der Waals surface area contributed by atoms with Crippen LogP contribution in [-0.4, -0.2) is 11.2 Å². The summed E-state index contributed by atoms with van der Waals surface area (Å²) in [4.78, 5) is 0. The van der Waals surface area contributed by atoms with E-state index >= 15 is 0 Å². The number of fused-ring (bicyclic) bond motifs is 1. The standard InChI is InChI=1S/C11H16O/c1-3-8(2)11-5-4-10(12)6-9(11)7-11/h3,9-10,12H,1-2,4-7H2. The summed E-state index contributed by atoms with van der Waals surface area (Å²) in [6, 6.07) is 0. The van der Waals surface area contributed by atoms with Crippen molar-refractivity contribution in [3.8, 4) is 0 Å². The van der Waals surface area contributed by atoms with Crippen LogP contribution >= 0.6 is 0 Å². The van der Waals surface area contributed by atoms with E-state index in [4.69, 9.17) is 0 Å². The fraction of sp³-hybridized carbons (Fsp3) is 0.636. The molecule has 1 heteroatoms. The first-order chi connectivity index (χ1) is 5.69. The molecule has 0 amide bonds. The Morgan fingerprint density at radius 1 is 1.58 bits per heavy atom. The third kappa shape index (κ3) is 0.962. The topological polar surface area (TPSA) is 20.2 Å². The van der Waals surface area contributed by atoms with E-state index in [-0.39, 0.29) is 6.10 Å². The molecule has 2 saturated carbocycles. The molecule has 1 nitrogen and oxygen atoms in total. The van der Waals surface area contributed by atoms with Crippen molar-refractivity contribution in [2.75, 3.05) is 0 Å². The van der Waals surface area contributed by atoms with E-state index in [2.05, 4.69) is 13.2 Å². The van der Waals surface area contributed by atoms with Gasteiger partial charge in [-0.15, -0.1) is 0 Å². The molecule has 0 aromatic rings. The first-order valence-electron chi connectivity index (χ1n) is 4.69. The van der Waals surface area contributed by atoms with Crippen LogP contribution in [0.15, 0.2) is 24.8 Å². The Hall–Kier alpha value is -0.560. The second kappa shape index (κ2) is 2.46. The largest absolute Gasteiger partial charge is 0.393 e.